The van der Waals surface area contributed by atoms with E-state index in [2.05, 4.69) is 11.8 Å². The van der Waals surface area contributed by atoms with Gasteiger partial charge in [-0.15, -0.1) is 12.8 Å². The van der Waals surface area contributed by atoms with E-state index in [9.17, 15) is 8.76 Å². The lowest BCUT2D eigenvalue weighted by molar-refractivity contribution is -0.129. The van der Waals surface area contributed by atoms with Gasteiger partial charge in [-0.25, -0.2) is 4.21 Å². The van der Waals surface area contributed by atoms with Gasteiger partial charge in [-0.1, -0.05) is 11.8 Å². The van der Waals surface area contributed by atoms with E-state index in [1.807, 2.05) is 0 Å². The summed E-state index contributed by atoms with van der Waals surface area (Å²) in [5.74, 6) is 5.33. The maximum Gasteiger partial charge on any atom is 0.187 e. The lowest BCUT2D eigenvalue weighted by Gasteiger charge is -2.19. The van der Waals surface area contributed by atoms with Crippen molar-refractivity contribution in [2.75, 3.05) is 24.7 Å². The second-order valence-corrected chi connectivity index (χ2v) is 6.15. The Hall–Kier alpha value is -3.01. The number of ether oxygens (including phenoxy) is 3. The molecule has 8 heteroatoms. The van der Waals surface area contributed by atoms with E-state index in [1.54, 1.807) is 18.2 Å². The normalized spacial score (nSPS) is 11.6. The van der Waals surface area contributed by atoms with Crippen molar-refractivity contribution in [3.05, 3.63) is 42.0 Å². The Bertz CT molecular complexity index is 899. The summed E-state index contributed by atoms with van der Waals surface area (Å²) in [6.45, 7) is -0.161. The van der Waals surface area contributed by atoms with Crippen LogP contribution in [0.4, 0.5) is 11.4 Å². The molecule has 0 aliphatic carbocycles. The van der Waals surface area contributed by atoms with E-state index in [4.69, 9.17) is 38.5 Å². The van der Waals surface area contributed by atoms with Gasteiger partial charge < -0.3 is 30.2 Å². The Labute approximate surface area is 159 Å². The Morgan fingerprint density at radius 3 is 2.30 bits per heavy atom. The van der Waals surface area contributed by atoms with Gasteiger partial charge in [0.2, 0.25) is 0 Å². The van der Waals surface area contributed by atoms with Gasteiger partial charge in [-0.2, -0.15) is 0 Å². The van der Waals surface area contributed by atoms with E-state index in [0.717, 1.165) is 0 Å². The Kier molecular flexibility index (Phi) is 7.24. The third kappa shape index (κ3) is 5.48. The second kappa shape index (κ2) is 9.62. The molecule has 0 spiro atoms. The lowest BCUT2D eigenvalue weighted by atomic mass is 10.2. The van der Waals surface area contributed by atoms with Crippen LogP contribution < -0.4 is 16.2 Å². The molecule has 2 aromatic carbocycles. The summed E-state index contributed by atoms with van der Waals surface area (Å²) in [6.07, 6.45) is 9.38. The molecule has 2 aromatic rings. The molecule has 140 valence electrons. The van der Waals surface area contributed by atoms with Gasteiger partial charge in [0.05, 0.1) is 10.6 Å². The molecule has 0 heterocycles. The number of benzene rings is 2. The zero-order valence-corrected chi connectivity index (χ0v) is 15.1. The fourth-order valence-electron chi connectivity index (χ4n) is 2.20. The molecular formula is C19H18N2O5S. The molecule has 0 aromatic heterocycles. The Morgan fingerprint density at radius 1 is 1.07 bits per heavy atom. The zero-order valence-electron chi connectivity index (χ0n) is 14.3. The lowest BCUT2D eigenvalue weighted by Crippen LogP contribution is -2.13. The van der Waals surface area contributed by atoms with Crippen molar-refractivity contribution in [3.8, 4) is 36.2 Å². The first-order chi connectivity index (χ1) is 13.0. The summed E-state index contributed by atoms with van der Waals surface area (Å²) in [4.78, 5) is 0.0756. The predicted octanol–water partition coefficient (Wildman–Crippen LogP) is 2.52. The fraction of sp³-hybridized carbons (Fsp3) is 0.158. The van der Waals surface area contributed by atoms with Crippen LogP contribution in [-0.4, -0.2) is 22.0 Å². The van der Waals surface area contributed by atoms with Crippen LogP contribution in [-0.2, 0) is 20.6 Å². The van der Waals surface area contributed by atoms with E-state index in [0.29, 0.717) is 22.9 Å². The predicted molar refractivity (Wildman–Crippen MR) is 103 cm³/mol. The molecule has 1 unspecified atom stereocenters. The first-order valence-corrected chi connectivity index (χ1v) is 8.74. The quantitative estimate of drug-likeness (QED) is 0.276. The van der Waals surface area contributed by atoms with Crippen LogP contribution in [0.15, 0.2) is 41.3 Å². The van der Waals surface area contributed by atoms with Crippen molar-refractivity contribution in [2.45, 2.75) is 11.2 Å². The molecule has 0 aliphatic rings. The number of hydrogen-bond donors (Lipinski definition) is 3. The molecule has 0 bridgehead atoms. The molecular weight excluding hydrogens is 368 g/mol. The fourth-order valence-corrected chi connectivity index (χ4v) is 2.74. The van der Waals surface area contributed by atoms with E-state index in [-0.39, 0.29) is 23.7 Å². The van der Waals surface area contributed by atoms with Gasteiger partial charge in [0.15, 0.2) is 17.4 Å². The molecule has 27 heavy (non-hydrogen) atoms. The van der Waals surface area contributed by atoms with Crippen molar-refractivity contribution in [2.24, 2.45) is 0 Å². The van der Waals surface area contributed by atoms with Crippen molar-refractivity contribution >= 4 is 22.5 Å². The number of rotatable bonds is 8. The molecule has 2 rings (SSSR count). The van der Waals surface area contributed by atoms with Crippen LogP contribution in [0.5, 0.6) is 11.5 Å². The van der Waals surface area contributed by atoms with Crippen LogP contribution in [0.2, 0.25) is 0 Å². The molecule has 0 saturated heterocycles. The number of terminal acetylenes is 2. The van der Waals surface area contributed by atoms with Crippen LogP contribution in [0.25, 0.3) is 0 Å². The first-order valence-electron chi connectivity index (χ1n) is 7.64. The van der Waals surface area contributed by atoms with Crippen LogP contribution in [0.1, 0.15) is 11.9 Å². The van der Waals surface area contributed by atoms with Crippen LogP contribution >= 0.6 is 0 Å². The molecule has 5 N–H and O–H groups in total. The Morgan fingerprint density at radius 2 is 1.74 bits per heavy atom. The highest BCUT2D eigenvalue weighted by molar-refractivity contribution is 7.79. The van der Waals surface area contributed by atoms with E-state index < -0.39 is 17.4 Å². The first kappa shape index (κ1) is 20.3. The van der Waals surface area contributed by atoms with E-state index in [1.165, 1.54) is 18.2 Å². The molecule has 0 fully saturated rings. The smallest absolute Gasteiger partial charge is 0.187 e. The average Bonchev–Trinajstić information content (AvgIpc) is 2.64. The number of nitrogen functional groups attached to an aromatic ring is 2. The molecule has 0 saturated carbocycles. The van der Waals surface area contributed by atoms with Gasteiger partial charge in [0, 0.05) is 11.3 Å². The highest BCUT2D eigenvalue weighted by atomic mass is 32.2. The topological polar surface area (TPSA) is 117 Å². The highest BCUT2D eigenvalue weighted by Crippen LogP contribution is 2.33. The van der Waals surface area contributed by atoms with Crippen LogP contribution in [0.3, 0.4) is 0 Å². The average molecular weight is 386 g/mol. The summed E-state index contributed by atoms with van der Waals surface area (Å²) in [6, 6.07) is 9.24. The van der Waals surface area contributed by atoms with Crippen molar-refractivity contribution in [3.63, 3.8) is 0 Å². The van der Waals surface area contributed by atoms with Gasteiger partial charge in [0.25, 0.3) is 0 Å². The maximum absolute atomic E-state index is 11.7. The third-order valence-electron chi connectivity index (χ3n) is 3.32. The molecule has 7 nitrogen and oxygen atoms in total. The number of anilines is 2. The summed E-state index contributed by atoms with van der Waals surface area (Å²) in [7, 11) is 0. The summed E-state index contributed by atoms with van der Waals surface area (Å²) < 4.78 is 37.8. The third-order valence-corrected chi connectivity index (χ3v) is 4.07. The second-order valence-electron chi connectivity index (χ2n) is 5.21. The monoisotopic (exact) mass is 386 g/mol. The SMILES string of the molecule is C#CCOC(OCC#C)c1cc(Oc2ccc(N)cc2N)ccc1S(=O)O. The number of nitrogens with two attached hydrogens (primary N) is 2. The summed E-state index contributed by atoms with van der Waals surface area (Å²) in [5.41, 5.74) is 12.7. The van der Waals surface area contributed by atoms with Gasteiger partial charge in [-0.05, 0) is 36.4 Å². The zero-order chi connectivity index (χ0) is 19.8. The van der Waals surface area contributed by atoms with E-state index >= 15 is 0 Å². The minimum atomic E-state index is -2.29. The van der Waals surface area contributed by atoms with Crippen LogP contribution in [0, 0.1) is 24.7 Å². The van der Waals surface area contributed by atoms with Gasteiger partial charge >= 0.3 is 0 Å². The molecule has 0 aliphatic heterocycles. The molecule has 0 radical (unpaired) electrons. The summed E-state index contributed by atoms with van der Waals surface area (Å²) >= 11 is -2.29. The van der Waals surface area contributed by atoms with Gasteiger partial charge in [-0.3, -0.25) is 0 Å². The van der Waals surface area contributed by atoms with Crippen molar-refractivity contribution < 1.29 is 23.0 Å². The van der Waals surface area contributed by atoms with Crippen molar-refractivity contribution in [1.82, 2.24) is 0 Å². The molecule has 1 atom stereocenters. The minimum Gasteiger partial charge on any atom is -0.455 e. The minimum absolute atomic E-state index is 0.0756. The standard InChI is InChI=1S/C19H18N2O5S/c1-3-9-24-19(25-10-4-2)15-12-14(6-8-18(15)27(22)23)26-17-7-5-13(20)11-16(17)21/h1-2,5-8,11-12,19H,9-10,20-21H2,(H,22,23). The van der Waals surface area contributed by atoms with Gasteiger partial charge in [0.1, 0.15) is 24.7 Å². The summed E-state index contributed by atoms with van der Waals surface area (Å²) in [5, 5.41) is 0. The highest BCUT2D eigenvalue weighted by Gasteiger charge is 2.21. The maximum atomic E-state index is 11.7. The molecule has 0 amide bonds. The largest absolute Gasteiger partial charge is 0.455 e. The van der Waals surface area contributed by atoms with Crippen molar-refractivity contribution in [1.29, 1.82) is 0 Å². The number of hydrogen-bond acceptors (Lipinski definition) is 6. The Balaban J connectivity index is 2.41.